The highest BCUT2D eigenvalue weighted by Crippen LogP contribution is 2.26. The Morgan fingerprint density at radius 2 is 1.78 bits per heavy atom. The number of ether oxygens (including phenoxy) is 2. The number of aryl methyl sites for hydroxylation is 1. The molecule has 0 bridgehead atoms. The van der Waals surface area contributed by atoms with Gasteiger partial charge in [0.1, 0.15) is 22.8 Å². The van der Waals surface area contributed by atoms with Gasteiger partial charge in [-0.1, -0.05) is 0 Å². The summed E-state index contributed by atoms with van der Waals surface area (Å²) < 4.78 is 12.5. The Bertz CT molecular complexity index is 1190. The number of carbonyl (C=O) groups is 1. The van der Waals surface area contributed by atoms with Crippen molar-refractivity contribution in [1.29, 1.82) is 0 Å². The zero-order valence-electron chi connectivity index (χ0n) is 17.9. The molecule has 164 valence electrons. The van der Waals surface area contributed by atoms with Crippen LogP contribution in [0.3, 0.4) is 0 Å². The fourth-order valence-electron chi connectivity index (χ4n) is 3.39. The Morgan fingerprint density at radius 3 is 2.50 bits per heavy atom. The second-order valence-corrected chi connectivity index (χ2v) is 7.00. The first-order valence-corrected chi connectivity index (χ1v) is 10.2. The number of amides is 2. The molecule has 1 aromatic carbocycles. The summed E-state index contributed by atoms with van der Waals surface area (Å²) in [4.78, 5) is 25.6. The number of hydrogen-bond donors (Lipinski definition) is 2. The van der Waals surface area contributed by atoms with E-state index in [1.54, 1.807) is 51.0 Å². The summed E-state index contributed by atoms with van der Waals surface area (Å²) in [5.74, 6) is 2.03. The maximum atomic E-state index is 12.3. The van der Waals surface area contributed by atoms with Crippen molar-refractivity contribution < 1.29 is 14.3 Å². The third-order valence-electron chi connectivity index (χ3n) is 4.90. The van der Waals surface area contributed by atoms with E-state index in [1.165, 1.54) is 0 Å². The zero-order valence-corrected chi connectivity index (χ0v) is 17.9. The molecule has 9 nitrogen and oxygen atoms in total. The predicted octanol–water partition coefficient (Wildman–Crippen LogP) is 3.72. The standard InChI is InChI=1S/C23H24N6O3/c1-31-18-13-17(14-19(15-18)32-2)27-23(30)26-9-4-12-29-21(16-6-10-24-11-7-16)28-20-5-3-8-25-22(20)29/h3,5-8,10-11,13-15H,4,9,12H2,1-2H3,(H2,26,27,30). The number of carbonyl (C=O) groups excluding carboxylic acids is 1. The van der Waals surface area contributed by atoms with E-state index in [4.69, 9.17) is 14.5 Å². The van der Waals surface area contributed by atoms with Crippen molar-refractivity contribution in [2.45, 2.75) is 13.0 Å². The van der Waals surface area contributed by atoms with Crippen molar-refractivity contribution >= 4 is 22.9 Å². The molecule has 3 heterocycles. The maximum absolute atomic E-state index is 12.3. The van der Waals surface area contributed by atoms with Gasteiger partial charge in [0.15, 0.2) is 5.65 Å². The molecule has 0 fully saturated rings. The van der Waals surface area contributed by atoms with E-state index in [0.717, 1.165) is 22.6 Å². The van der Waals surface area contributed by atoms with Gasteiger partial charge in [-0.15, -0.1) is 0 Å². The number of fused-ring (bicyclic) bond motifs is 1. The summed E-state index contributed by atoms with van der Waals surface area (Å²) in [6.07, 6.45) is 5.94. The number of methoxy groups -OCH3 is 2. The fraction of sp³-hybridized carbons (Fsp3) is 0.217. The molecule has 0 aliphatic rings. The number of anilines is 1. The van der Waals surface area contributed by atoms with Gasteiger partial charge in [-0.05, 0) is 30.7 Å². The molecule has 0 atom stereocenters. The SMILES string of the molecule is COc1cc(NC(=O)NCCCn2c(-c3ccncc3)nc3cccnc32)cc(OC)c1. The molecule has 9 heteroatoms. The van der Waals surface area contributed by atoms with Crippen LogP contribution in [0.1, 0.15) is 6.42 Å². The number of urea groups is 1. The summed E-state index contributed by atoms with van der Waals surface area (Å²) in [5.41, 5.74) is 3.20. The minimum absolute atomic E-state index is 0.303. The topological polar surface area (TPSA) is 103 Å². The van der Waals surface area contributed by atoms with Crippen LogP contribution in [0.2, 0.25) is 0 Å². The van der Waals surface area contributed by atoms with Crippen LogP contribution in [0.4, 0.5) is 10.5 Å². The Kier molecular flexibility index (Phi) is 6.45. The zero-order chi connectivity index (χ0) is 22.3. The number of benzene rings is 1. The molecule has 3 aromatic heterocycles. The smallest absolute Gasteiger partial charge is 0.319 e. The third kappa shape index (κ3) is 4.77. The van der Waals surface area contributed by atoms with Crippen LogP contribution in [-0.2, 0) is 6.54 Å². The molecule has 0 saturated heterocycles. The van der Waals surface area contributed by atoms with Gasteiger partial charge in [-0.25, -0.2) is 14.8 Å². The molecule has 0 aliphatic heterocycles. The van der Waals surface area contributed by atoms with Crippen molar-refractivity contribution in [2.75, 3.05) is 26.1 Å². The van der Waals surface area contributed by atoms with E-state index in [1.807, 2.05) is 24.3 Å². The van der Waals surface area contributed by atoms with E-state index in [9.17, 15) is 4.79 Å². The molecule has 4 aromatic rings. The molecular formula is C23H24N6O3. The van der Waals surface area contributed by atoms with Gasteiger partial charge in [0, 0.05) is 61.1 Å². The Hall–Kier alpha value is -4.14. The van der Waals surface area contributed by atoms with Gasteiger partial charge in [0.05, 0.1) is 14.2 Å². The van der Waals surface area contributed by atoms with Crippen LogP contribution in [0.5, 0.6) is 11.5 Å². The lowest BCUT2D eigenvalue weighted by Gasteiger charge is -2.12. The first-order chi connectivity index (χ1) is 15.7. The maximum Gasteiger partial charge on any atom is 0.319 e. The second-order valence-electron chi connectivity index (χ2n) is 7.00. The molecule has 0 saturated carbocycles. The highest BCUT2D eigenvalue weighted by Gasteiger charge is 2.13. The molecule has 32 heavy (non-hydrogen) atoms. The van der Waals surface area contributed by atoms with Gasteiger partial charge in [-0.3, -0.25) is 4.98 Å². The van der Waals surface area contributed by atoms with Crippen LogP contribution in [0.15, 0.2) is 61.1 Å². The van der Waals surface area contributed by atoms with Crippen LogP contribution >= 0.6 is 0 Å². The highest BCUT2D eigenvalue weighted by atomic mass is 16.5. The van der Waals surface area contributed by atoms with Gasteiger partial charge < -0.3 is 24.7 Å². The number of nitrogens with one attached hydrogen (secondary N) is 2. The minimum Gasteiger partial charge on any atom is -0.497 e. The normalized spacial score (nSPS) is 10.7. The average Bonchev–Trinajstić information content (AvgIpc) is 3.20. The molecule has 2 N–H and O–H groups in total. The molecule has 4 rings (SSSR count). The van der Waals surface area contributed by atoms with Crippen molar-refractivity contribution in [1.82, 2.24) is 24.8 Å². The summed E-state index contributed by atoms with van der Waals surface area (Å²) in [5, 5.41) is 5.68. The third-order valence-corrected chi connectivity index (χ3v) is 4.90. The lowest BCUT2D eigenvalue weighted by molar-refractivity contribution is 0.252. The van der Waals surface area contributed by atoms with Crippen molar-refractivity contribution in [3.05, 3.63) is 61.1 Å². The number of imidazole rings is 1. The number of nitrogens with zero attached hydrogens (tertiary/aromatic N) is 4. The van der Waals surface area contributed by atoms with E-state index in [0.29, 0.717) is 36.7 Å². The fourth-order valence-corrected chi connectivity index (χ4v) is 3.39. The quantitative estimate of drug-likeness (QED) is 0.411. The Balaban J connectivity index is 1.39. The van der Waals surface area contributed by atoms with Crippen LogP contribution < -0.4 is 20.1 Å². The van der Waals surface area contributed by atoms with E-state index < -0.39 is 0 Å². The Morgan fingerprint density at radius 1 is 1.03 bits per heavy atom. The molecular weight excluding hydrogens is 408 g/mol. The number of hydrogen-bond acceptors (Lipinski definition) is 6. The molecule has 0 spiro atoms. The van der Waals surface area contributed by atoms with Crippen LogP contribution in [-0.4, -0.2) is 46.3 Å². The number of rotatable bonds is 8. The van der Waals surface area contributed by atoms with E-state index in [2.05, 4.69) is 25.2 Å². The number of aromatic nitrogens is 4. The first-order valence-electron chi connectivity index (χ1n) is 10.2. The lowest BCUT2D eigenvalue weighted by Crippen LogP contribution is -2.30. The van der Waals surface area contributed by atoms with Crippen molar-refractivity contribution in [3.8, 4) is 22.9 Å². The van der Waals surface area contributed by atoms with Gasteiger partial charge in [-0.2, -0.15) is 0 Å². The molecule has 0 radical (unpaired) electrons. The largest absolute Gasteiger partial charge is 0.497 e. The molecule has 0 unspecified atom stereocenters. The monoisotopic (exact) mass is 432 g/mol. The van der Waals surface area contributed by atoms with Gasteiger partial charge >= 0.3 is 6.03 Å². The summed E-state index contributed by atoms with van der Waals surface area (Å²) in [7, 11) is 3.13. The number of pyridine rings is 2. The van der Waals surface area contributed by atoms with E-state index >= 15 is 0 Å². The van der Waals surface area contributed by atoms with E-state index in [-0.39, 0.29) is 6.03 Å². The molecule has 0 aliphatic carbocycles. The second kappa shape index (κ2) is 9.78. The Labute approximate surface area is 185 Å². The van der Waals surface area contributed by atoms with Gasteiger partial charge in [0.2, 0.25) is 0 Å². The summed E-state index contributed by atoms with van der Waals surface area (Å²) >= 11 is 0. The first kappa shape index (κ1) is 21.1. The minimum atomic E-state index is -0.303. The van der Waals surface area contributed by atoms with Crippen LogP contribution in [0.25, 0.3) is 22.6 Å². The summed E-state index contributed by atoms with van der Waals surface area (Å²) in [6, 6.07) is 12.6. The predicted molar refractivity (Wildman–Crippen MR) is 122 cm³/mol. The average molecular weight is 432 g/mol. The molecule has 2 amide bonds. The van der Waals surface area contributed by atoms with Crippen LogP contribution in [0, 0.1) is 0 Å². The van der Waals surface area contributed by atoms with Gasteiger partial charge in [0.25, 0.3) is 0 Å². The summed E-state index contributed by atoms with van der Waals surface area (Å²) in [6.45, 7) is 1.13. The lowest BCUT2D eigenvalue weighted by atomic mass is 10.2. The van der Waals surface area contributed by atoms with Crippen molar-refractivity contribution in [2.24, 2.45) is 0 Å². The van der Waals surface area contributed by atoms with Crippen molar-refractivity contribution in [3.63, 3.8) is 0 Å². The highest BCUT2D eigenvalue weighted by molar-refractivity contribution is 5.89.